The Bertz CT molecular complexity index is 751. The predicted molar refractivity (Wildman–Crippen MR) is 79.5 cm³/mol. The molecule has 0 radical (unpaired) electrons. The molecule has 2 aromatic rings. The third-order valence-electron chi connectivity index (χ3n) is 4.24. The van der Waals surface area contributed by atoms with Crippen molar-refractivity contribution in [1.82, 2.24) is 14.7 Å². The molecule has 1 aliphatic heterocycles. The third kappa shape index (κ3) is 2.16. The van der Waals surface area contributed by atoms with E-state index in [0.717, 1.165) is 11.3 Å². The maximum atomic E-state index is 12.8. The third-order valence-corrected chi connectivity index (χ3v) is 4.24. The number of fused-ring (bicyclic) bond motifs is 1. The highest BCUT2D eigenvalue weighted by Gasteiger charge is 2.36. The van der Waals surface area contributed by atoms with Gasteiger partial charge in [-0.15, -0.1) is 0 Å². The molecule has 0 fully saturated rings. The lowest BCUT2D eigenvalue weighted by Crippen LogP contribution is -2.43. The number of aliphatic carboxylic acids is 1. The van der Waals surface area contributed by atoms with Gasteiger partial charge in [0.15, 0.2) is 6.04 Å². The standard InChI is InChI=1S/C16H17N3O3/c1-10-13(9-17-18(10)2)15(20)19-8-7-11-5-3-4-6-12(11)14(19)16(21)22/h3-6,9,14H,7-8H2,1-2H3,(H,21,22). The fourth-order valence-corrected chi connectivity index (χ4v) is 2.92. The first-order valence-corrected chi connectivity index (χ1v) is 7.11. The van der Waals surface area contributed by atoms with Crippen molar-refractivity contribution in [3.8, 4) is 0 Å². The number of carboxylic acids is 1. The Labute approximate surface area is 128 Å². The van der Waals surface area contributed by atoms with Crippen molar-refractivity contribution in [2.45, 2.75) is 19.4 Å². The van der Waals surface area contributed by atoms with Crippen molar-refractivity contribution in [3.63, 3.8) is 0 Å². The second-order valence-corrected chi connectivity index (χ2v) is 5.46. The van der Waals surface area contributed by atoms with Crippen LogP contribution in [0, 0.1) is 6.92 Å². The summed E-state index contributed by atoms with van der Waals surface area (Å²) in [6, 6.07) is 6.45. The van der Waals surface area contributed by atoms with Crippen LogP contribution in [0.25, 0.3) is 0 Å². The van der Waals surface area contributed by atoms with E-state index in [4.69, 9.17) is 0 Å². The number of aryl methyl sites for hydroxylation is 1. The molecule has 22 heavy (non-hydrogen) atoms. The highest BCUT2D eigenvalue weighted by Crippen LogP contribution is 2.31. The lowest BCUT2D eigenvalue weighted by atomic mass is 9.92. The zero-order valence-corrected chi connectivity index (χ0v) is 12.5. The van der Waals surface area contributed by atoms with Crippen molar-refractivity contribution < 1.29 is 14.7 Å². The van der Waals surface area contributed by atoms with E-state index < -0.39 is 12.0 Å². The zero-order chi connectivity index (χ0) is 15.9. The van der Waals surface area contributed by atoms with Crippen molar-refractivity contribution in [3.05, 3.63) is 52.8 Å². The van der Waals surface area contributed by atoms with E-state index >= 15 is 0 Å². The van der Waals surface area contributed by atoms with Gasteiger partial charge in [0.05, 0.1) is 11.8 Å². The van der Waals surface area contributed by atoms with E-state index in [-0.39, 0.29) is 5.91 Å². The molecular weight excluding hydrogens is 282 g/mol. The first-order chi connectivity index (χ1) is 10.5. The summed E-state index contributed by atoms with van der Waals surface area (Å²) >= 11 is 0. The number of hydrogen-bond donors (Lipinski definition) is 1. The molecule has 3 rings (SSSR count). The summed E-state index contributed by atoms with van der Waals surface area (Å²) in [6.07, 6.45) is 2.15. The Morgan fingerprint density at radius 2 is 2.05 bits per heavy atom. The molecule has 0 bridgehead atoms. The molecule has 2 heterocycles. The zero-order valence-electron chi connectivity index (χ0n) is 12.5. The molecule has 0 aliphatic carbocycles. The second-order valence-electron chi connectivity index (χ2n) is 5.46. The van der Waals surface area contributed by atoms with Gasteiger partial charge < -0.3 is 10.0 Å². The molecule has 1 atom stereocenters. The lowest BCUT2D eigenvalue weighted by Gasteiger charge is -2.34. The number of aromatic nitrogens is 2. The molecule has 1 amide bonds. The van der Waals surface area contributed by atoms with Gasteiger partial charge in [-0.1, -0.05) is 24.3 Å². The number of carbonyl (C=O) groups excluding carboxylic acids is 1. The van der Waals surface area contributed by atoms with Crippen LogP contribution >= 0.6 is 0 Å². The molecule has 0 saturated heterocycles. The summed E-state index contributed by atoms with van der Waals surface area (Å²) < 4.78 is 1.61. The Morgan fingerprint density at radius 1 is 1.32 bits per heavy atom. The molecule has 6 nitrogen and oxygen atoms in total. The first-order valence-electron chi connectivity index (χ1n) is 7.11. The van der Waals surface area contributed by atoms with Gasteiger partial charge in [-0.05, 0) is 24.5 Å². The van der Waals surface area contributed by atoms with E-state index in [0.29, 0.717) is 24.1 Å². The fourth-order valence-electron chi connectivity index (χ4n) is 2.92. The number of carboxylic acid groups (broad SMARTS) is 1. The van der Waals surface area contributed by atoms with E-state index in [1.165, 1.54) is 11.1 Å². The minimum Gasteiger partial charge on any atom is -0.479 e. The first kappa shape index (κ1) is 14.3. The van der Waals surface area contributed by atoms with Gasteiger partial charge >= 0.3 is 5.97 Å². The molecule has 114 valence electrons. The summed E-state index contributed by atoms with van der Waals surface area (Å²) in [5.74, 6) is -1.30. The smallest absolute Gasteiger partial charge is 0.331 e. The number of hydrogen-bond acceptors (Lipinski definition) is 3. The van der Waals surface area contributed by atoms with E-state index in [9.17, 15) is 14.7 Å². The highest BCUT2D eigenvalue weighted by atomic mass is 16.4. The van der Waals surface area contributed by atoms with Crippen LogP contribution in [0.4, 0.5) is 0 Å². The van der Waals surface area contributed by atoms with Gasteiger partial charge in [-0.3, -0.25) is 9.48 Å². The lowest BCUT2D eigenvalue weighted by molar-refractivity contribution is -0.143. The quantitative estimate of drug-likeness (QED) is 0.913. The normalized spacial score (nSPS) is 17.2. The van der Waals surface area contributed by atoms with Crippen molar-refractivity contribution >= 4 is 11.9 Å². The van der Waals surface area contributed by atoms with Crippen molar-refractivity contribution in [2.75, 3.05) is 6.54 Å². The Hall–Kier alpha value is -2.63. The fraction of sp³-hybridized carbons (Fsp3) is 0.312. The molecule has 1 aromatic heterocycles. The summed E-state index contributed by atoms with van der Waals surface area (Å²) in [5.41, 5.74) is 2.86. The minimum atomic E-state index is -1.01. The summed E-state index contributed by atoms with van der Waals surface area (Å²) in [5, 5.41) is 13.7. The SMILES string of the molecule is Cc1c(C(=O)N2CCc3ccccc3C2C(=O)O)cnn1C. The van der Waals surface area contributed by atoms with Gasteiger partial charge in [0.2, 0.25) is 0 Å². The second kappa shape index (κ2) is 5.29. The van der Waals surface area contributed by atoms with Crippen LogP contribution in [0.5, 0.6) is 0 Å². The molecule has 0 spiro atoms. The predicted octanol–water partition coefficient (Wildman–Crippen LogP) is 1.55. The van der Waals surface area contributed by atoms with Gasteiger partial charge in [-0.25, -0.2) is 4.79 Å². The van der Waals surface area contributed by atoms with Gasteiger partial charge in [0, 0.05) is 19.3 Å². The largest absolute Gasteiger partial charge is 0.479 e. The van der Waals surface area contributed by atoms with Crippen LogP contribution in [0.15, 0.2) is 30.5 Å². The molecule has 0 saturated carbocycles. The monoisotopic (exact) mass is 299 g/mol. The number of benzene rings is 1. The molecule has 1 aliphatic rings. The van der Waals surface area contributed by atoms with Gasteiger partial charge in [0.1, 0.15) is 0 Å². The van der Waals surface area contributed by atoms with Crippen molar-refractivity contribution in [2.24, 2.45) is 7.05 Å². The minimum absolute atomic E-state index is 0.285. The molecule has 6 heteroatoms. The number of nitrogens with zero attached hydrogens (tertiary/aromatic N) is 3. The van der Waals surface area contributed by atoms with Gasteiger partial charge in [-0.2, -0.15) is 5.10 Å². The van der Waals surface area contributed by atoms with E-state index in [2.05, 4.69) is 5.10 Å². The Balaban J connectivity index is 2.02. The maximum Gasteiger partial charge on any atom is 0.331 e. The topological polar surface area (TPSA) is 75.4 Å². The van der Waals surface area contributed by atoms with Crippen LogP contribution in [0.2, 0.25) is 0 Å². The Kier molecular flexibility index (Phi) is 3.44. The van der Waals surface area contributed by atoms with E-state index in [1.807, 2.05) is 12.1 Å². The van der Waals surface area contributed by atoms with Crippen LogP contribution in [0.3, 0.4) is 0 Å². The molecule has 1 unspecified atom stereocenters. The molecular formula is C16H17N3O3. The summed E-state index contributed by atoms with van der Waals surface area (Å²) in [6.45, 7) is 2.19. The Morgan fingerprint density at radius 3 is 2.68 bits per heavy atom. The van der Waals surface area contributed by atoms with Crippen molar-refractivity contribution in [1.29, 1.82) is 0 Å². The summed E-state index contributed by atoms with van der Waals surface area (Å²) in [4.78, 5) is 25.9. The maximum absolute atomic E-state index is 12.8. The average Bonchev–Trinajstić information content (AvgIpc) is 2.85. The number of carbonyl (C=O) groups is 2. The average molecular weight is 299 g/mol. The number of amides is 1. The highest BCUT2D eigenvalue weighted by molar-refractivity contribution is 5.98. The molecule has 1 aromatic carbocycles. The van der Waals surface area contributed by atoms with Crippen LogP contribution < -0.4 is 0 Å². The van der Waals surface area contributed by atoms with Crippen LogP contribution in [-0.4, -0.2) is 38.2 Å². The summed E-state index contributed by atoms with van der Waals surface area (Å²) in [7, 11) is 1.76. The number of rotatable bonds is 2. The molecule has 1 N–H and O–H groups in total. The van der Waals surface area contributed by atoms with E-state index in [1.54, 1.807) is 30.8 Å². The van der Waals surface area contributed by atoms with Crippen LogP contribution in [0.1, 0.15) is 33.2 Å². The van der Waals surface area contributed by atoms with Gasteiger partial charge in [0.25, 0.3) is 5.91 Å². The van der Waals surface area contributed by atoms with Crippen LogP contribution in [-0.2, 0) is 18.3 Å².